The smallest absolute Gasteiger partial charge is 0.293 e. The average molecular weight is 273 g/mol. The van der Waals surface area contributed by atoms with Crippen LogP contribution in [0.15, 0.2) is 24.5 Å². The van der Waals surface area contributed by atoms with Crippen LogP contribution in [0.25, 0.3) is 10.9 Å². The molecule has 1 aliphatic rings. The maximum absolute atomic E-state index is 10.3. The van der Waals surface area contributed by atoms with Crippen molar-refractivity contribution in [2.75, 3.05) is 31.2 Å². The van der Waals surface area contributed by atoms with Crippen molar-refractivity contribution in [3.8, 4) is 0 Å². The van der Waals surface area contributed by atoms with Crippen molar-refractivity contribution in [2.45, 2.75) is 6.61 Å². The first-order chi connectivity index (χ1) is 9.88. The van der Waals surface area contributed by atoms with Gasteiger partial charge in [0.15, 0.2) is 0 Å². The maximum atomic E-state index is 10.3. The summed E-state index contributed by atoms with van der Waals surface area (Å²) in [5.74, 6) is 0. The predicted molar refractivity (Wildman–Crippen MR) is 73.4 cm³/mol. The van der Waals surface area contributed by atoms with E-state index >= 15 is 0 Å². The summed E-state index contributed by atoms with van der Waals surface area (Å²) in [7, 11) is 0. The van der Waals surface area contributed by atoms with Crippen LogP contribution in [0.5, 0.6) is 0 Å². The molecule has 0 aromatic carbocycles. The second-order valence-electron chi connectivity index (χ2n) is 4.54. The molecule has 0 radical (unpaired) electrons. The van der Waals surface area contributed by atoms with Crippen molar-refractivity contribution < 1.29 is 14.3 Å². The summed E-state index contributed by atoms with van der Waals surface area (Å²) < 4.78 is 10.1. The molecule has 1 aliphatic heterocycles. The van der Waals surface area contributed by atoms with Gasteiger partial charge >= 0.3 is 0 Å². The van der Waals surface area contributed by atoms with Gasteiger partial charge < -0.3 is 14.4 Å². The minimum atomic E-state index is 0.185. The molecule has 0 aliphatic carbocycles. The molecular weight excluding hydrogens is 258 g/mol. The molecular formula is C14H15N3O3. The van der Waals surface area contributed by atoms with Crippen LogP contribution in [-0.4, -0.2) is 42.7 Å². The van der Waals surface area contributed by atoms with E-state index in [1.165, 1.54) is 0 Å². The highest BCUT2D eigenvalue weighted by Gasteiger charge is 2.15. The molecule has 2 aromatic rings. The largest absolute Gasteiger partial charge is 0.461 e. The first-order valence-corrected chi connectivity index (χ1v) is 6.50. The summed E-state index contributed by atoms with van der Waals surface area (Å²) in [6.45, 7) is 3.70. The molecule has 0 atom stereocenters. The topological polar surface area (TPSA) is 64.5 Å². The van der Waals surface area contributed by atoms with Crippen molar-refractivity contribution in [2.24, 2.45) is 0 Å². The van der Waals surface area contributed by atoms with Crippen molar-refractivity contribution in [1.29, 1.82) is 0 Å². The zero-order valence-corrected chi connectivity index (χ0v) is 11.0. The van der Waals surface area contributed by atoms with Gasteiger partial charge in [-0.1, -0.05) is 0 Å². The van der Waals surface area contributed by atoms with Gasteiger partial charge in [-0.2, -0.15) is 0 Å². The summed E-state index contributed by atoms with van der Waals surface area (Å²) in [4.78, 5) is 21.3. The molecule has 3 rings (SSSR count). The number of carbonyl (C=O) groups excluding carboxylic acids is 1. The highest BCUT2D eigenvalue weighted by Crippen LogP contribution is 2.25. The number of pyridine rings is 2. The van der Waals surface area contributed by atoms with E-state index in [4.69, 9.17) is 9.47 Å². The van der Waals surface area contributed by atoms with E-state index in [1.807, 2.05) is 18.3 Å². The number of ether oxygens (including phenoxy) is 2. The van der Waals surface area contributed by atoms with Gasteiger partial charge in [0.1, 0.15) is 6.61 Å². The molecule has 1 saturated heterocycles. The number of rotatable bonds is 4. The number of carbonyl (C=O) groups is 1. The SMILES string of the molecule is O=COCc1ccc2cncc(N3CCOCC3)c2n1. The Hall–Kier alpha value is -2.21. The molecule has 1 fully saturated rings. The third-order valence-corrected chi connectivity index (χ3v) is 3.29. The summed E-state index contributed by atoms with van der Waals surface area (Å²) in [6, 6.07) is 3.79. The van der Waals surface area contributed by atoms with Crippen LogP contribution in [0.4, 0.5) is 5.69 Å². The number of aromatic nitrogens is 2. The fourth-order valence-corrected chi connectivity index (χ4v) is 2.30. The Bertz CT molecular complexity index is 612. The van der Waals surface area contributed by atoms with Gasteiger partial charge in [-0.3, -0.25) is 9.78 Å². The predicted octanol–water partition coefficient (Wildman–Crippen LogP) is 1.14. The lowest BCUT2D eigenvalue weighted by molar-refractivity contribution is -0.129. The number of hydrogen-bond acceptors (Lipinski definition) is 6. The van der Waals surface area contributed by atoms with E-state index < -0.39 is 0 Å². The number of morpholine rings is 1. The fourth-order valence-electron chi connectivity index (χ4n) is 2.30. The van der Waals surface area contributed by atoms with Crippen LogP contribution in [0.1, 0.15) is 5.69 Å². The molecule has 0 N–H and O–H groups in total. The Balaban J connectivity index is 1.99. The first kappa shape index (κ1) is 12.8. The summed E-state index contributed by atoms with van der Waals surface area (Å²) in [6.07, 6.45) is 3.61. The van der Waals surface area contributed by atoms with Gasteiger partial charge in [-0.25, -0.2) is 4.98 Å². The standard InChI is InChI=1S/C14H15N3O3/c18-10-20-9-12-2-1-11-7-15-8-13(14(11)16-12)17-3-5-19-6-4-17/h1-2,7-8,10H,3-6,9H2. The van der Waals surface area contributed by atoms with Crippen LogP contribution >= 0.6 is 0 Å². The Labute approximate surface area is 116 Å². The average Bonchev–Trinajstić information content (AvgIpc) is 2.53. The fraction of sp³-hybridized carbons (Fsp3) is 0.357. The van der Waals surface area contributed by atoms with Crippen molar-refractivity contribution in [1.82, 2.24) is 9.97 Å². The van der Waals surface area contributed by atoms with Gasteiger partial charge in [0.25, 0.3) is 6.47 Å². The minimum absolute atomic E-state index is 0.185. The summed E-state index contributed by atoms with van der Waals surface area (Å²) in [5, 5.41) is 0.976. The third kappa shape index (κ3) is 2.55. The van der Waals surface area contributed by atoms with Crippen molar-refractivity contribution in [3.05, 3.63) is 30.2 Å². The van der Waals surface area contributed by atoms with Gasteiger partial charge in [0.2, 0.25) is 0 Å². The van der Waals surface area contributed by atoms with E-state index in [2.05, 4.69) is 14.9 Å². The summed E-state index contributed by atoms with van der Waals surface area (Å²) in [5.41, 5.74) is 2.61. The number of fused-ring (bicyclic) bond motifs is 1. The van der Waals surface area contributed by atoms with Crippen LogP contribution in [0.2, 0.25) is 0 Å². The van der Waals surface area contributed by atoms with Gasteiger partial charge in [-0.15, -0.1) is 0 Å². The molecule has 2 aromatic heterocycles. The Kier molecular flexibility index (Phi) is 3.73. The molecule has 6 nitrogen and oxygen atoms in total. The zero-order valence-electron chi connectivity index (χ0n) is 11.0. The minimum Gasteiger partial charge on any atom is -0.461 e. The number of anilines is 1. The zero-order chi connectivity index (χ0) is 13.8. The van der Waals surface area contributed by atoms with E-state index in [9.17, 15) is 4.79 Å². The van der Waals surface area contributed by atoms with Crippen LogP contribution in [0.3, 0.4) is 0 Å². The molecule has 0 unspecified atom stereocenters. The van der Waals surface area contributed by atoms with Crippen LogP contribution in [-0.2, 0) is 20.9 Å². The molecule has 0 saturated carbocycles. The van der Waals surface area contributed by atoms with E-state index in [1.54, 1.807) is 6.20 Å². The lowest BCUT2D eigenvalue weighted by Gasteiger charge is -2.29. The molecule has 20 heavy (non-hydrogen) atoms. The molecule has 0 amide bonds. The molecule has 0 spiro atoms. The lowest BCUT2D eigenvalue weighted by atomic mass is 10.2. The van der Waals surface area contributed by atoms with Gasteiger partial charge in [0, 0.05) is 24.7 Å². The van der Waals surface area contributed by atoms with E-state index in [0.29, 0.717) is 19.7 Å². The monoisotopic (exact) mass is 273 g/mol. The number of hydrogen-bond donors (Lipinski definition) is 0. The van der Waals surface area contributed by atoms with Crippen LogP contribution < -0.4 is 4.90 Å². The second kappa shape index (κ2) is 5.83. The molecule has 6 heteroatoms. The van der Waals surface area contributed by atoms with Crippen molar-refractivity contribution >= 4 is 23.1 Å². The number of nitrogens with zero attached hydrogens (tertiary/aromatic N) is 3. The molecule has 104 valence electrons. The Morgan fingerprint density at radius 3 is 2.95 bits per heavy atom. The normalized spacial score (nSPS) is 15.3. The van der Waals surface area contributed by atoms with E-state index in [-0.39, 0.29) is 6.61 Å². The second-order valence-corrected chi connectivity index (χ2v) is 4.54. The quantitative estimate of drug-likeness (QED) is 0.778. The maximum Gasteiger partial charge on any atom is 0.293 e. The van der Waals surface area contributed by atoms with Crippen molar-refractivity contribution in [3.63, 3.8) is 0 Å². The third-order valence-electron chi connectivity index (χ3n) is 3.29. The highest BCUT2D eigenvalue weighted by atomic mass is 16.5. The van der Waals surface area contributed by atoms with Crippen LogP contribution in [0, 0.1) is 0 Å². The molecule has 3 heterocycles. The highest BCUT2D eigenvalue weighted by molar-refractivity contribution is 5.89. The molecule has 0 bridgehead atoms. The van der Waals surface area contributed by atoms with E-state index in [0.717, 1.165) is 35.4 Å². The first-order valence-electron chi connectivity index (χ1n) is 6.50. The lowest BCUT2D eigenvalue weighted by Crippen LogP contribution is -2.36. The van der Waals surface area contributed by atoms with Gasteiger partial charge in [0.05, 0.1) is 36.3 Å². The van der Waals surface area contributed by atoms with Gasteiger partial charge in [-0.05, 0) is 12.1 Å². The summed E-state index contributed by atoms with van der Waals surface area (Å²) >= 11 is 0. The Morgan fingerprint density at radius 1 is 1.30 bits per heavy atom. The Morgan fingerprint density at radius 2 is 2.15 bits per heavy atom.